The Bertz CT molecular complexity index is 353. The van der Waals surface area contributed by atoms with Crippen LogP contribution in [0, 0.1) is 5.92 Å². The van der Waals surface area contributed by atoms with Gasteiger partial charge in [-0.15, -0.1) is 0 Å². The minimum absolute atomic E-state index is 0.224. The number of hydrogen-bond acceptors (Lipinski definition) is 5. The number of hydrogen-bond donors (Lipinski definition) is 0. The van der Waals surface area contributed by atoms with Gasteiger partial charge in [0, 0.05) is 26.1 Å². The Morgan fingerprint density at radius 3 is 2.53 bits per heavy atom. The van der Waals surface area contributed by atoms with Gasteiger partial charge in [-0.1, -0.05) is 5.10 Å². The van der Waals surface area contributed by atoms with Crippen molar-refractivity contribution in [2.45, 2.75) is 19.8 Å². The van der Waals surface area contributed by atoms with Crippen LogP contribution in [-0.2, 0) is 11.8 Å². The highest BCUT2D eigenvalue weighted by molar-refractivity contribution is 5.78. The fraction of sp³-hybridized carbons (Fsp3) is 0.778. The number of aryl methyl sites for hydroxylation is 1. The molecule has 1 saturated heterocycles. The summed E-state index contributed by atoms with van der Waals surface area (Å²) in [6.45, 7) is 3.39. The van der Waals surface area contributed by atoms with E-state index in [0.717, 1.165) is 31.9 Å². The van der Waals surface area contributed by atoms with Gasteiger partial charge >= 0.3 is 0 Å². The highest BCUT2D eigenvalue weighted by atomic mass is 16.1. The predicted molar refractivity (Wildman–Crippen MR) is 54.4 cm³/mol. The zero-order chi connectivity index (χ0) is 10.8. The molecule has 0 bridgehead atoms. The van der Waals surface area contributed by atoms with Crippen LogP contribution in [0.25, 0.3) is 0 Å². The van der Waals surface area contributed by atoms with Crippen LogP contribution in [0.2, 0.25) is 0 Å². The molecule has 1 aliphatic rings. The first-order chi connectivity index (χ1) is 7.18. The summed E-state index contributed by atoms with van der Waals surface area (Å²) in [4.78, 5) is 13.3. The maximum atomic E-state index is 11.2. The molecule has 0 N–H and O–H groups in total. The Labute approximate surface area is 88.2 Å². The van der Waals surface area contributed by atoms with Gasteiger partial charge in [0.15, 0.2) is 0 Å². The Balaban J connectivity index is 2.00. The van der Waals surface area contributed by atoms with Crippen molar-refractivity contribution >= 4 is 11.7 Å². The van der Waals surface area contributed by atoms with Gasteiger partial charge in [-0.25, -0.2) is 4.68 Å². The smallest absolute Gasteiger partial charge is 0.245 e. The molecular formula is C9H15N5O. The first-order valence-corrected chi connectivity index (χ1v) is 5.16. The summed E-state index contributed by atoms with van der Waals surface area (Å²) in [6.07, 6.45) is 1.81. The van der Waals surface area contributed by atoms with Crippen LogP contribution in [-0.4, -0.2) is 39.1 Å². The minimum Gasteiger partial charge on any atom is -0.340 e. The van der Waals surface area contributed by atoms with E-state index in [9.17, 15) is 4.79 Å². The van der Waals surface area contributed by atoms with Crippen LogP contribution >= 0.6 is 0 Å². The summed E-state index contributed by atoms with van der Waals surface area (Å²) in [5, 5.41) is 11.4. The van der Waals surface area contributed by atoms with Crippen LogP contribution in [0.5, 0.6) is 0 Å². The van der Waals surface area contributed by atoms with Gasteiger partial charge in [0.05, 0.1) is 0 Å². The van der Waals surface area contributed by atoms with Gasteiger partial charge in [-0.3, -0.25) is 4.79 Å². The number of ketones is 1. The molecule has 2 heterocycles. The molecule has 0 aromatic carbocycles. The van der Waals surface area contributed by atoms with Crippen LogP contribution < -0.4 is 4.90 Å². The van der Waals surface area contributed by atoms with Crippen LogP contribution in [0.1, 0.15) is 19.8 Å². The first kappa shape index (κ1) is 10.1. The average Bonchev–Trinajstić information content (AvgIpc) is 2.65. The lowest BCUT2D eigenvalue weighted by Gasteiger charge is -2.30. The molecule has 0 unspecified atom stereocenters. The largest absolute Gasteiger partial charge is 0.340 e. The summed E-state index contributed by atoms with van der Waals surface area (Å²) in [5.74, 6) is 1.31. The van der Waals surface area contributed by atoms with Gasteiger partial charge < -0.3 is 4.90 Å². The van der Waals surface area contributed by atoms with E-state index in [1.165, 1.54) is 0 Å². The first-order valence-electron chi connectivity index (χ1n) is 5.16. The number of tetrazole rings is 1. The number of carbonyl (C=O) groups is 1. The van der Waals surface area contributed by atoms with Gasteiger partial charge in [0.25, 0.3) is 0 Å². The topological polar surface area (TPSA) is 63.9 Å². The Hall–Kier alpha value is -1.46. The van der Waals surface area contributed by atoms with Crippen molar-refractivity contribution in [1.29, 1.82) is 0 Å². The van der Waals surface area contributed by atoms with E-state index in [0.29, 0.717) is 5.78 Å². The molecule has 6 heteroatoms. The summed E-state index contributed by atoms with van der Waals surface area (Å²) in [7, 11) is 1.83. The number of rotatable bonds is 2. The van der Waals surface area contributed by atoms with Crippen molar-refractivity contribution in [2.24, 2.45) is 13.0 Å². The quantitative estimate of drug-likeness (QED) is 0.686. The third-order valence-electron chi connectivity index (χ3n) is 2.95. The molecule has 6 nitrogen and oxygen atoms in total. The van der Waals surface area contributed by atoms with Crippen molar-refractivity contribution in [3.05, 3.63) is 0 Å². The zero-order valence-electron chi connectivity index (χ0n) is 9.05. The van der Waals surface area contributed by atoms with E-state index in [1.54, 1.807) is 11.6 Å². The number of piperidine rings is 1. The standard InChI is InChI=1S/C9H15N5O/c1-7(15)8-3-5-14(6-4-8)9-10-11-12-13(9)2/h8H,3-6H2,1-2H3. The summed E-state index contributed by atoms with van der Waals surface area (Å²) in [6, 6.07) is 0. The monoisotopic (exact) mass is 209 g/mol. The predicted octanol–water partition coefficient (Wildman–Crippen LogP) is 0.0155. The zero-order valence-corrected chi connectivity index (χ0v) is 9.05. The van der Waals surface area contributed by atoms with E-state index >= 15 is 0 Å². The van der Waals surface area contributed by atoms with Crippen LogP contribution in [0.4, 0.5) is 5.95 Å². The molecule has 0 aliphatic carbocycles. The summed E-state index contributed by atoms with van der Waals surface area (Å²) in [5.41, 5.74) is 0. The molecule has 1 aliphatic heterocycles. The van der Waals surface area contributed by atoms with Gasteiger partial charge in [-0.05, 0) is 30.2 Å². The van der Waals surface area contributed by atoms with Crippen molar-refractivity contribution in [3.63, 3.8) is 0 Å². The van der Waals surface area contributed by atoms with Gasteiger partial charge in [0.2, 0.25) is 5.95 Å². The van der Waals surface area contributed by atoms with Crippen molar-refractivity contribution in [2.75, 3.05) is 18.0 Å². The van der Waals surface area contributed by atoms with Gasteiger partial charge in [-0.2, -0.15) is 0 Å². The van der Waals surface area contributed by atoms with Crippen LogP contribution in [0.15, 0.2) is 0 Å². The van der Waals surface area contributed by atoms with E-state index in [1.807, 2.05) is 7.05 Å². The van der Waals surface area contributed by atoms with Crippen molar-refractivity contribution in [3.8, 4) is 0 Å². The lowest BCUT2D eigenvalue weighted by atomic mass is 9.94. The molecular weight excluding hydrogens is 194 g/mol. The molecule has 1 fully saturated rings. The molecule has 0 spiro atoms. The lowest BCUT2D eigenvalue weighted by molar-refractivity contribution is -0.121. The summed E-state index contributed by atoms with van der Waals surface area (Å²) < 4.78 is 1.66. The van der Waals surface area contributed by atoms with E-state index in [2.05, 4.69) is 20.4 Å². The molecule has 0 radical (unpaired) electrons. The fourth-order valence-corrected chi connectivity index (χ4v) is 1.98. The normalized spacial score (nSPS) is 18.1. The molecule has 0 atom stereocenters. The third-order valence-corrected chi connectivity index (χ3v) is 2.95. The molecule has 15 heavy (non-hydrogen) atoms. The van der Waals surface area contributed by atoms with E-state index in [-0.39, 0.29) is 5.92 Å². The highest BCUT2D eigenvalue weighted by Crippen LogP contribution is 2.21. The van der Waals surface area contributed by atoms with Gasteiger partial charge in [0.1, 0.15) is 5.78 Å². The second-order valence-corrected chi connectivity index (χ2v) is 3.97. The molecule has 0 saturated carbocycles. The number of Topliss-reactive ketones (excluding diaryl/α,β-unsaturated/α-hetero) is 1. The van der Waals surface area contributed by atoms with E-state index < -0.39 is 0 Å². The molecule has 1 aromatic heterocycles. The molecule has 1 aromatic rings. The van der Waals surface area contributed by atoms with E-state index in [4.69, 9.17) is 0 Å². The summed E-state index contributed by atoms with van der Waals surface area (Å²) >= 11 is 0. The third kappa shape index (κ3) is 1.98. The Morgan fingerprint density at radius 2 is 2.07 bits per heavy atom. The number of anilines is 1. The molecule has 82 valence electrons. The Morgan fingerprint density at radius 1 is 1.40 bits per heavy atom. The SMILES string of the molecule is CC(=O)C1CCN(c2nnnn2C)CC1. The highest BCUT2D eigenvalue weighted by Gasteiger charge is 2.24. The number of carbonyl (C=O) groups excluding carboxylic acids is 1. The minimum atomic E-state index is 0.224. The average molecular weight is 209 g/mol. The van der Waals surface area contributed by atoms with Crippen LogP contribution in [0.3, 0.4) is 0 Å². The lowest BCUT2D eigenvalue weighted by Crippen LogP contribution is -2.37. The maximum absolute atomic E-state index is 11.2. The second-order valence-electron chi connectivity index (χ2n) is 3.97. The number of nitrogens with zero attached hydrogens (tertiary/aromatic N) is 5. The van der Waals surface area contributed by atoms with Crippen molar-refractivity contribution < 1.29 is 4.79 Å². The number of aromatic nitrogens is 4. The molecule has 0 amide bonds. The molecule has 2 rings (SSSR count). The van der Waals surface area contributed by atoms with Crippen molar-refractivity contribution in [1.82, 2.24) is 20.2 Å². The Kier molecular flexibility index (Phi) is 2.66. The fourth-order valence-electron chi connectivity index (χ4n) is 1.98. The maximum Gasteiger partial charge on any atom is 0.245 e. The second kappa shape index (κ2) is 3.96.